The van der Waals surface area contributed by atoms with E-state index < -0.39 is 5.66 Å². The Bertz CT molecular complexity index is 1010. The van der Waals surface area contributed by atoms with Gasteiger partial charge in [-0.15, -0.1) is 11.8 Å². The highest BCUT2D eigenvalue weighted by Gasteiger charge is 2.58. The molecule has 5 heteroatoms. The van der Waals surface area contributed by atoms with Gasteiger partial charge in [-0.25, -0.2) is 0 Å². The molecule has 2 unspecified atom stereocenters. The molecule has 3 aromatic carbocycles. The second-order valence-corrected chi connectivity index (χ2v) is 9.14. The van der Waals surface area contributed by atoms with E-state index in [-0.39, 0.29) is 12.2 Å². The summed E-state index contributed by atoms with van der Waals surface area (Å²) in [5, 5.41) is 0.555. The third-order valence-corrected chi connectivity index (χ3v) is 6.91. The van der Waals surface area contributed by atoms with Gasteiger partial charge < -0.3 is 22.9 Å². The normalized spacial score (nSPS) is 22.7. The maximum Gasteiger partial charge on any atom is 0.0840 e. The Morgan fingerprint density at radius 1 is 0.733 bits per heavy atom. The lowest BCUT2D eigenvalue weighted by Gasteiger charge is -2.26. The van der Waals surface area contributed by atoms with Crippen molar-refractivity contribution in [3.8, 4) is 11.1 Å². The lowest BCUT2D eigenvalue weighted by Crippen LogP contribution is -2.50. The lowest BCUT2D eigenvalue weighted by atomic mass is 9.85. The molecule has 1 fully saturated rings. The zero-order valence-corrected chi connectivity index (χ0v) is 17.0. The highest BCUT2D eigenvalue weighted by Crippen LogP contribution is 2.66. The van der Waals surface area contributed by atoms with Crippen LogP contribution in [0.1, 0.15) is 19.4 Å². The molecule has 3 aromatic rings. The standard InChI is InChI=1S/C12H14N2S.C12H12N2.CH4/c13-11(14)6-7-12(10(8-11)15-12)9-4-2-1-3-5-9;13-11-6-4-9(5-7-11)10-2-1-3-12(14)8-10;/h1-7,10H,8,13-14H2;1-8H,13-14H2;1H4. The molecular weight excluding hydrogens is 388 g/mol. The average Bonchev–Trinajstić information content (AvgIpc) is 3.43. The van der Waals surface area contributed by atoms with E-state index in [4.69, 9.17) is 22.9 Å². The molecule has 0 bridgehead atoms. The number of anilines is 2. The summed E-state index contributed by atoms with van der Waals surface area (Å²) in [6.07, 6.45) is 5.00. The number of hydrogen-bond donors (Lipinski definition) is 4. The molecule has 1 heterocycles. The van der Waals surface area contributed by atoms with Crippen LogP contribution in [0, 0.1) is 0 Å². The third-order valence-electron chi connectivity index (χ3n) is 5.29. The van der Waals surface area contributed by atoms with Crippen LogP contribution in [0.15, 0.2) is 91.0 Å². The van der Waals surface area contributed by atoms with Gasteiger partial charge in [-0.05, 0) is 47.4 Å². The fraction of sp³-hybridized carbons (Fsp3) is 0.200. The Balaban J connectivity index is 0.000000166. The van der Waals surface area contributed by atoms with E-state index in [9.17, 15) is 0 Å². The van der Waals surface area contributed by atoms with Crippen LogP contribution in [0.25, 0.3) is 11.1 Å². The topological polar surface area (TPSA) is 104 Å². The first-order valence-electron chi connectivity index (χ1n) is 9.61. The monoisotopic (exact) mass is 418 g/mol. The highest BCUT2D eigenvalue weighted by atomic mass is 32.2. The van der Waals surface area contributed by atoms with Crippen LogP contribution in [-0.4, -0.2) is 10.9 Å². The summed E-state index contributed by atoms with van der Waals surface area (Å²) >= 11 is 1.96. The van der Waals surface area contributed by atoms with E-state index in [0.717, 1.165) is 28.9 Å². The van der Waals surface area contributed by atoms with Gasteiger partial charge in [0.2, 0.25) is 0 Å². The molecule has 2 atom stereocenters. The SMILES string of the molecule is C.NC1(N)C=CC2(c3ccccc3)SC2C1.Nc1ccc(-c2cccc(N)c2)cc1. The Hall–Kier alpha value is -2.73. The van der Waals surface area contributed by atoms with Gasteiger partial charge in [0.25, 0.3) is 0 Å². The minimum absolute atomic E-state index is 0. The number of nitrogens with two attached hydrogens (primary N) is 4. The van der Waals surface area contributed by atoms with Gasteiger partial charge in [0.1, 0.15) is 0 Å². The van der Waals surface area contributed by atoms with Crippen molar-refractivity contribution in [2.24, 2.45) is 11.5 Å². The molecule has 8 N–H and O–H groups in total. The number of hydrogen-bond acceptors (Lipinski definition) is 5. The second kappa shape index (κ2) is 8.56. The molecular formula is C25H30N4S. The predicted molar refractivity (Wildman–Crippen MR) is 132 cm³/mol. The van der Waals surface area contributed by atoms with E-state index in [2.05, 4.69) is 30.3 Å². The molecule has 0 amide bonds. The van der Waals surface area contributed by atoms with Gasteiger partial charge >= 0.3 is 0 Å². The molecule has 0 aromatic heterocycles. The van der Waals surface area contributed by atoms with Crippen LogP contribution in [0.2, 0.25) is 0 Å². The first-order chi connectivity index (χ1) is 13.9. The van der Waals surface area contributed by atoms with Crippen molar-refractivity contribution in [1.29, 1.82) is 0 Å². The third kappa shape index (κ3) is 4.70. The van der Waals surface area contributed by atoms with Gasteiger partial charge in [-0.3, -0.25) is 0 Å². The van der Waals surface area contributed by atoms with Crippen LogP contribution in [0.4, 0.5) is 11.4 Å². The molecule has 0 saturated carbocycles. The quantitative estimate of drug-likeness (QED) is 0.208. The highest BCUT2D eigenvalue weighted by molar-refractivity contribution is 8.08. The van der Waals surface area contributed by atoms with Gasteiger partial charge in [-0.1, -0.05) is 74.2 Å². The van der Waals surface area contributed by atoms with Gasteiger partial charge in [0, 0.05) is 16.6 Å². The van der Waals surface area contributed by atoms with E-state index >= 15 is 0 Å². The van der Waals surface area contributed by atoms with Gasteiger partial charge in [-0.2, -0.15) is 0 Å². The number of nitrogen functional groups attached to an aromatic ring is 2. The minimum Gasteiger partial charge on any atom is -0.399 e. The number of rotatable bonds is 2. The van der Waals surface area contributed by atoms with Crippen molar-refractivity contribution in [1.82, 2.24) is 0 Å². The summed E-state index contributed by atoms with van der Waals surface area (Å²) in [4.78, 5) is 0. The molecule has 1 saturated heterocycles. The summed E-state index contributed by atoms with van der Waals surface area (Å²) in [5.41, 5.74) is 27.7. The maximum absolute atomic E-state index is 5.91. The smallest absolute Gasteiger partial charge is 0.0840 e. The summed E-state index contributed by atoms with van der Waals surface area (Å²) < 4.78 is 0.170. The van der Waals surface area contributed by atoms with Crippen LogP contribution in [-0.2, 0) is 4.75 Å². The molecule has 1 aliphatic heterocycles. The molecule has 0 radical (unpaired) electrons. The van der Waals surface area contributed by atoms with Crippen LogP contribution < -0.4 is 22.9 Å². The molecule has 1 aliphatic carbocycles. The Labute approximate surface area is 183 Å². The second-order valence-electron chi connectivity index (χ2n) is 7.66. The molecule has 30 heavy (non-hydrogen) atoms. The molecule has 5 rings (SSSR count). The Kier molecular flexibility index (Phi) is 6.27. The fourth-order valence-corrected chi connectivity index (χ4v) is 5.14. The van der Waals surface area contributed by atoms with Crippen LogP contribution >= 0.6 is 11.8 Å². The van der Waals surface area contributed by atoms with Crippen molar-refractivity contribution >= 4 is 23.1 Å². The lowest BCUT2D eigenvalue weighted by molar-refractivity contribution is 0.474. The first kappa shape index (κ1) is 22.0. The molecule has 0 spiro atoms. The van der Waals surface area contributed by atoms with E-state index in [1.807, 2.05) is 72.4 Å². The van der Waals surface area contributed by atoms with Crippen molar-refractivity contribution in [2.75, 3.05) is 11.5 Å². The number of thioether (sulfide) groups is 1. The van der Waals surface area contributed by atoms with E-state index in [0.29, 0.717) is 5.25 Å². The van der Waals surface area contributed by atoms with Crippen molar-refractivity contribution in [3.63, 3.8) is 0 Å². The summed E-state index contributed by atoms with van der Waals surface area (Å²) in [6, 6.07) is 26.1. The number of fused-ring (bicyclic) bond motifs is 1. The molecule has 156 valence electrons. The predicted octanol–water partition coefficient (Wildman–Crippen LogP) is 4.73. The maximum atomic E-state index is 5.91. The van der Waals surface area contributed by atoms with Gasteiger partial charge in [0.05, 0.1) is 10.4 Å². The van der Waals surface area contributed by atoms with E-state index in [1.165, 1.54) is 5.56 Å². The largest absolute Gasteiger partial charge is 0.399 e. The van der Waals surface area contributed by atoms with Crippen LogP contribution in [0.5, 0.6) is 0 Å². The Morgan fingerprint density at radius 2 is 1.43 bits per heavy atom. The molecule has 4 nitrogen and oxygen atoms in total. The number of benzene rings is 3. The first-order valence-corrected chi connectivity index (χ1v) is 10.5. The zero-order valence-electron chi connectivity index (χ0n) is 16.2. The summed E-state index contributed by atoms with van der Waals surface area (Å²) in [7, 11) is 0. The fourth-order valence-electron chi connectivity index (χ4n) is 3.65. The van der Waals surface area contributed by atoms with Crippen molar-refractivity contribution in [2.45, 2.75) is 29.5 Å². The average molecular weight is 419 g/mol. The Morgan fingerprint density at radius 3 is 2.07 bits per heavy atom. The van der Waals surface area contributed by atoms with Gasteiger partial charge in [0.15, 0.2) is 0 Å². The van der Waals surface area contributed by atoms with Crippen LogP contribution in [0.3, 0.4) is 0 Å². The zero-order chi connectivity index (χ0) is 20.5. The summed E-state index contributed by atoms with van der Waals surface area (Å²) in [5.74, 6) is 0. The van der Waals surface area contributed by atoms with Crippen molar-refractivity contribution < 1.29 is 0 Å². The van der Waals surface area contributed by atoms with Crippen molar-refractivity contribution in [3.05, 3.63) is 96.6 Å². The summed E-state index contributed by atoms with van der Waals surface area (Å²) in [6.45, 7) is 0. The van der Waals surface area contributed by atoms with E-state index in [1.54, 1.807) is 0 Å². The molecule has 2 aliphatic rings. The minimum atomic E-state index is -0.605.